The topological polar surface area (TPSA) is 118 Å². The molecule has 2 aliphatic carbocycles. The molecule has 0 radical (unpaired) electrons. The number of carboxylic acid groups (broad SMARTS) is 1. The first-order chi connectivity index (χ1) is 14.2. The van der Waals surface area contributed by atoms with Crippen LogP contribution in [0.5, 0.6) is 0 Å². The number of hydrogen-bond donors (Lipinski definition) is 2. The SMILES string of the molecule is CN(C(=O)[C@@H](N)C1CCC(CS(=O)(=O)Cc2cccc(C(=O)O)c2)CC1)C1CCC1. The summed E-state index contributed by atoms with van der Waals surface area (Å²) < 4.78 is 25.3. The molecule has 1 aromatic rings. The second-order valence-corrected chi connectivity index (χ2v) is 11.0. The minimum Gasteiger partial charge on any atom is -0.478 e. The molecule has 8 heteroatoms. The highest BCUT2D eigenvalue weighted by Gasteiger charge is 2.35. The van der Waals surface area contributed by atoms with Crippen molar-refractivity contribution < 1.29 is 23.1 Å². The molecule has 1 aromatic carbocycles. The smallest absolute Gasteiger partial charge is 0.335 e. The highest BCUT2D eigenvalue weighted by Crippen LogP contribution is 2.33. The van der Waals surface area contributed by atoms with Gasteiger partial charge in [0.05, 0.1) is 23.1 Å². The van der Waals surface area contributed by atoms with Crippen LogP contribution < -0.4 is 5.73 Å². The fraction of sp³-hybridized carbons (Fsp3) is 0.636. The molecule has 2 aliphatic rings. The number of carboxylic acids is 1. The van der Waals surface area contributed by atoms with E-state index in [9.17, 15) is 18.0 Å². The molecule has 7 nitrogen and oxygen atoms in total. The summed E-state index contributed by atoms with van der Waals surface area (Å²) in [5.74, 6) is -0.970. The van der Waals surface area contributed by atoms with Crippen molar-refractivity contribution in [3.8, 4) is 0 Å². The van der Waals surface area contributed by atoms with E-state index in [-0.39, 0.29) is 34.8 Å². The molecule has 3 N–H and O–H groups in total. The number of carbonyl (C=O) groups is 2. The number of rotatable bonds is 8. The minimum atomic E-state index is -3.35. The Morgan fingerprint density at radius 3 is 2.40 bits per heavy atom. The summed E-state index contributed by atoms with van der Waals surface area (Å²) in [5.41, 5.74) is 6.85. The van der Waals surface area contributed by atoms with Crippen LogP contribution in [0.15, 0.2) is 24.3 Å². The van der Waals surface area contributed by atoms with Gasteiger partial charge < -0.3 is 15.7 Å². The summed E-state index contributed by atoms with van der Waals surface area (Å²) >= 11 is 0. The second kappa shape index (κ2) is 9.47. The average molecular weight is 437 g/mol. The van der Waals surface area contributed by atoms with Crippen LogP contribution in [0.4, 0.5) is 0 Å². The number of aromatic carboxylic acids is 1. The lowest BCUT2D eigenvalue weighted by Crippen LogP contribution is -2.52. The maximum Gasteiger partial charge on any atom is 0.335 e. The van der Waals surface area contributed by atoms with Gasteiger partial charge in [0.25, 0.3) is 0 Å². The van der Waals surface area contributed by atoms with Gasteiger partial charge in [0.15, 0.2) is 9.84 Å². The maximum absolute atomic E-state index is 12.6. The molecule has 0 spiro atoms. The van der Waals surface area contributed by atoms with E-state index in [4.69, 9.17) is 10.8 Å². The lowest BCUT2D eigenvalue weighted by atomic mass is 9.78. The molecule has 1 amide bonds. The van der Waals surface area contributed by atoms with Crippen molar-refractivity contribution in [3.05, 3.63) is 35.4 Å². The maximum atomic E-state index is 12.6. The van der Waals surface area contributed by atoms with E-state index in [0.717, 1.165) is 44.9 Å². The molecule has 0 saturated heterocycles. The molecule has 0 unspecified atom stereocenters. The van der Waals surface area contributed by atoms with Crippen LogP contribution in [0.1, 0.15) is 60.9 Å². The first-order valence-corrected chi connectivity index (χ1v) is 12.5. The molecule has 2 saturated carbocycles. The van der Waals surface area contributed by atoms with E-state index in [2.05, 4.69) is 0 Å². The second-order valence-electron chi connectivity index (χ2n) is 8.90. The minimum absolute atomic E-state index is 0.00841. The largest absolute Gasteiger partial charge is 0.478 e. The van der Waals surface area contributed by atoms with Gasteiger partial charge in [-0.25, -0.2) is 13.2 Å². The number of hydrogen-bond acceptors (Lipinski definition) is 5. The first kappa shape index (κ1) is 22.7. The number of amides is 1. The Morgan fingerprint density at radius 2 is 1.83 bits per heavy atom. The molecule has 1 atom stereocenters. The van der Waals surface area contributed by atoms with Gasteiger partial charge in [-0.15, -0.1) is 0 Å². The van der Waals surface area contributed by atoms with Gasteiger partial charge in [0.1, 0.15) is 0 Å². The molecule has 0 aliphatic heterocycles. The lowest BCUT2D eigenvalue weighted by molar-refractivity contribution is -0.136. The third-order valence-corrected chi connectivity index (χ3v) is 8.46. The molecule has 0 heterocycles. The fourth-order valence-corrected chi connectivity index (χ4v) is 6.43. The van der Waals surface area contributed by atoms with E-state index < -0.39 is 21.8 Å². The van der Waals surface area contributed by atoms with Crippen molar-refractivity contribution in [3.63, 3.8) is 0 Å². The summed E-state index contributed by atoms with van der Waals surface area (Å²) in [6.07, 6.45) is 6.28. The Bertz CT molecular complexity index is 873. The van der Waals surface area contributed by atoms with Crippen molar-refractivity contribution in [2.45, 2.75) is 62.8 Å². The molecule has 166 valence electrons. The molecule has 0 bridgehead atoms. The highest BCUT2D eigenvalue weighted by molar-refractivity contribution is 7.90. The third-order valence-electron chi connectivity index (χ3n) is 6.70. The van der Waals surface area contributed by atoms with Crippen LogP contribution in [0, 0.1) is 11.8 Å². The Labute approximate surface area is 178 Å². The standard InChI is InChI=1S/C22H32N2O5S/c1-24(19-6-3-7-19)21(25)20(23)17-10-8-15(9-11-17)13-30(28,29)14-16-4-2-5-18(12-16)22(26)27/h2,4-5,12,15,17,19-20H,3,6-11,13-14,23H2,1H3,(H,26,27)/t15?,17?,20-/m0/s1. The van der Waals surface area contributed by atoms with E-state index in [1.807, 2.05) is 7.05 Å². The molecule has 0 aromatic heterocycles. The summed E-state index contributed by atoms with van der Waals surface area (Å²) in [6, 6.07) is 5.89. The van der Waals surface area contributed by atoms with Gasteiger partial charge in [-0.3, -0.25) is 4.79 Å². The Hall–Kier alpha value is -1.93. The van der Waals surface area contributed by atoms with E-state index in [1.165, 1.54) is 12.1 Å². The van der Waals surface area contributed by atoms with Crippen LogP contribution >= 0.6 is 0 Å². The quantitative estimate of drug-likeness (QED) is 0.646. The summed E-state index contributed by atoms with van der Waals surface area (Å²) in [6.45, 7) is 0. The number of nitrogens with two attached hydrogens (primary N) is 1. The molecule has 3 rings (SSSR count). The van der Waals surface area contributed by atoms with E-state index >= 15 is 0 Å². The number of nitrogens with zero attached hydrogens (tertiary/aromatic N) is 1. The summed E-state index contributed by atoms with van der Waals surface area (Å²) in [4.78, 5) is 25.5. The zero-order valence-electron chi connectivity index (χ0n) is 17.5. The summed E-state index contributed by atoms with van der Waals surface area (Å²) in [5, 5.41) is 9.07. The lowest BCUT2D eigenvalue weighted by Gasteiger charge is -2.38. The normalized spacial score (nSPS) is 23.4. The molecule has 2 fully saturated rings. The predicted molar refractivity (Wildman–Crippen MR) is 115 cm³/mol. The number of carbonyl (C=O) groups excluding carboxylic acids is 1. The highest BCUT2D eigenvalue weighted by atomic mass is 32.2. The van der Waals surface area contributed by atoms with Crippen LogP contribution in [0.3, 0.4) is 0 Å². The molecule has 30 heavy (non-hydrogen) atoms. The number of sulfone groups is 1. The molecular formula is C22H32N2O5S. The van der Waals surface area contributed by atoms with Gasteiger partial charge in [0, 0.05) is 13.1 Å². The van der Waals surface area contributed by atoms with Crippen LogP contribution in [0.25, 0.3) is 0 Å². The monoisotopic (exact) mass is 436 g/mol. The van der Waals surface area contributed by atoms with Crippen molar-refractivity contribution in [2.24, 2.45) is 17.6 Å². The van der Waals surface area contributed by atoms with E-state index in [1.54, 1.807) is 17.0 Å². The Balaban J connectivity index is 1.50. The Kier molecular flexibility index (Phi) is 7.18. The van der Waals surface area contributed by atoms with Crippen LogP contribution in [-0.2, 0) is 20.4 Å². The van der Waals surface area contributed by atoms with Crippen molar-refractivity contribution in [2.75, 3.05) is 12.8 Å². The third kappa shape index (κ3) is 5.60. The molecular weight excluding hydrogens is 404 g/mol. The van der Waals surface area contributed by atoms with E-state index in [0.29, 0.717) is 11.6 Å². The van der Waals surface area contributed by atoms with Gasteiger partial charge >= 0.3 is 5.97 Å². The first-order valence-electron chi connectivity index (χ1n) is 10.7. The van der Waals surface area contributed by atoms with Crippen molar-refractivity contribution in [1.29, 1.82) is 0 Å². The van der Waals surface area contributed by atoms with Crippen LogP contribution in [0.2, 0.25) is 0 Å². The van der Waals surface area contributed by atoms with Gasteiger partial charge in [0.2, 0.25) is 5.91 Å². The summed E-state index contributed by atoms with van der Waals surface area (Å²) in [7, 11) is -1.51. The van der Waals surface area contributed by atoms with Gasteiger partial charge in [-0.1, -0.05) is 12.1 Å². The average Bonchev–Trinajstić information content (AvgIpc) is 2.65. The number of benzene rings is 1. The predicted octanol–water partition coefficient (Wildman–Crippen LogP) is 2.44. The zero-order valence-corrected chi connectivity index (χ0v) is 18.3. The van der Waals surface area contributed by atoms with Crippen molar-refractivity contribution in [1.82, 2.24) is 4.90 Å². The Morgan fingerprint density at radius 1 is 1.17 bits per heavy atom. The fourth-order valence-electron chi connectivity index (χ4n) is 4.57. The van der Waals surface area contributed by atoms with Crippen molar-refractivity contribution >= 4 is 21.7 Å². The van der Waals surface area contributed by atoms with Gasteiger partial charge in [-0.05, 0) is 74.5 Å². The zero-order chi connectivity index (χ0) is 21.9. The van der Waals surface area contributed by atoms with Gasteiger partial charge in [-0.2, -0.15) is 0 Å². The number of likely N-dealkylation sites (N-methyl/N-ethyl adjacent to an activating group) is 1. The van der Waals surface area contributed by atoms with Crippen LogP contribution in [-0.4, -0.2) is 55.2 Å².